The second-order valence-corrected chi connectivity index (χ2v) is 5.16. The molecular formula is C14H18N4O2. The summed E-state index contributed by atoms with van der Waals surface area (Å²) in [6, 6.07) is 6.62. The number of nitro groups is 1. The molecule has 2 rings (SSSR count). The third kappa shape index (κ3) is 3.25. The van der Waals surface area contributed by atoms with Crippen LogP contribution in [0.1, 0.15) is 18.4 Å². The Labute approximate surface area is 118 Å². The monoisotopic (exact) mass is 274 g/mol. The molecule has 6 nitrogen and oxygen atoms in total. The number of hydrogen-bond acceptors (Lipinski definition) is 5. The van der Waals surface area contributed by atoms with Crippen LogP contribution in [0.2, 0.25) is 0 Å². The van der Waals surface area contributed by atoms with Crippen LogP contribution in [0.25, 0.3) is 0 Å². The first-order valence-electron chi connectivity index (χ1n) is 6.72. The molecule has 1 aliphatic heterocycles. The molecule has 1 N–H and O–H groups in total. The average Bonchev–Trinajstić information content (AvgIpc) is 2.47. The third-order valence-electron chi connectivity index (χ3n) is 3.67. The number of piperidine rings is 1. The summed E-state index contributed by atoms with van der Waals surface area (Å²) in [4.78, 5) is 12.5. The van der Waals surface area contributed by atoms with E-state index in [0.29, 0.717) is 5.92 Å². The van der Waals surface area contributed by atoms with Crippen molar-refractivity contribution in [1.29, 1.82) is 5.26 Å². The summed E-state index contributed by atoms with van der Waals surface area (Å²) >= 11 is 0. The predicted molar refractivity (Wildman–Crippen MR) is 76.7 cm³/mol. The standard InChI is InChI=1S/C14H18N4O2/c1-17(10-11-3-2-6-16-9-11)13-5-4-12(8-15)14(7-13)18(19)20/h4-5,7,11,16H,2-3,6,9-10H2,1H3. The molecule has 0 bridgehead atoms. The summed E-state index contributed by atoms with van der Waals surface area (Å²) in [6.45, 7) is 2.92. The Kier molecular flexibility index (Phi) is 4.53. The van der Waals surface area contributed by atoms with Crippen LogP contribution in [0.15, 0.2) is 18.2 Å². The Balaban J connectivity index is 2.13. The van der Waals surface area contributed by atoms with E-state index >= 15 is 0 Å². The molecule has 1 saturated heterocycles. The third-order valence-corrected chi connectivity index (χ3v) is 3.67. The Morgan fingerprint density at radius 1 is 1.60 bits per heavy atom. The largest absolute Gasteiger partial charge is 0.374 e. The van der Waals surface area contributed by atoms with Crippen LogP contribution in [0.4, 0.5) is 11.4 Å². The first-order valence-corrected chi connectivity index (χ1v) is 6.72. The Morgan fingerprint density at radius 3 is 3.00 bits per heavy atom. The lowest BCUT2D eigenvalue weighted by Crippen LogP contribution is -2.36. The summed E-state index contributed by atoms with van der Waals surface area (Å²) in [7, 11) is 1.93. The smallest absolute Gasteiger partial charge is 0.289 e. The lowest BCUT2D eigenvalue weighted by atomic mass is 9.99. The highest BCUT2D eigenvalue weighted by atomic mass is 16.6. The molecule has 6 heteroatoms. The zero-order valence-electron chi connectivity index (χ0n) is 11.5. The molecule has 0 saturated carbocycles. The summed E-state index contributed by atoms with van der Waals surface area (Å²) in [5.41, 5.74) is 0.756. The summed E-state index contributed by atoms with van der Waals surface area (Å²) < 4.78 is 0. The molecule has 0 aromatic heterocycles. The second kappa shape index (κ2) is 6.35. The van der Waals surface area contributed by atoms with Gasteiger partial charge in [0.25, 0.3) is 5.69 Å². The number of anilines is 1. The first kappa shape index (κ1) is 14.3. The zero-order chi connectivity index (χ0) is 14.5. The van der Waals surface area contributed by atoms with Crippen molar-refractivity contribution in [2.45, 2.75) is 12.8 Å². The van der Waals surface area contributed by atoms with E-state index in [1.165, 1.54) is 25.0 Å². The van der Waals surface area contributed by atoms with Gasteiger partial charge in [-0.2, -0.15) is 5.26 Å². The molecule has 1 heterocycles. The lowest BCUT2D eigenvalue weighted by molar-refractivity contribution is -0.385. The van der Waals surface area contributed by atoms with E-state index in [0.717, 1.165) is 25.3 Å². The molecule has 0 spiro atoms. The Morgan fingerprint density at radius 2 is 2.40 bits per heavy atom. The van der Waals surface area contributed by atoms with Crippen LogP contribution in [0.5, 0.6) is 0 Å². The van der Waals surface area contributed by atoms with Crippen molar-refractivity contribution in [3.05, 3.63) is 33.9 Å². The maximum absolute atomic E-state index is 11.0. The maximum atomic E-state index is 11.0. The number of benzene rings is 1. The van der Waals surface area contributed by atoms with E-state index < -0.39 is 4.92 Å². The van der Waals surface area contributed by atoms with Crippen LogP contribution >= 0.6 is 0 Å². The molecule has 0 amide bonds. The van der Waals surface area contributed by atoms with E-state index in [2.05, 4.69) is 5.32 Å². The highest BCUT2D eigenvalue weighted by molar-refractivity contribution is 5.60. The van der Waals surface area contributed by atoms with E-state index in [1.807, 2.05) is 18.0 Å². The van der Waals surface area contributed by atoms with Crippen LogP contribution < -0.4 is 10.2 Å². The van der Waals surface area contributed by atoms with Gasteiger partial charge in [-0.25, -0.2) is 0 Å². The molecule has 1 aromatic rings. The van der Waals surface area contributed by atoms with Gasteiger partial charge in [-0.05, 0) is 44.0 Å². The quantitative estimate of drug-likeness (QED) is 0.670. The number of rotatable bonds is 4. The van der Waals surface area contributed by atoms with Crippen molar-refractivity contribution in [2.24, 2.45) is 5.92 Å². The van der Waals surface area contributed by atoms with Crippen molar-refractivity contribution in [2.75, 3.05) is 31.6 Å². The summed E-state index contributed by atoms with van der Waals surface area (Å²) in [5, 5.41) is 23.2. The van der Waals surface area contributed by atoms with Gasteiger partial charge in [-0.3, -0.25) is 10.1 Å². The molecular weight excluding hydrogens is 256 g/mol. The second-order valence-electron chi connectivity index (χ2n) is 5.16. The molecule has 1 fully saturated rings. The molecule has 1 aliphatic rings. The fraction of sp³-hybridized carbons (Fsp3) is 0.500. The van der Waals surface area contributed by atoms with Crippen molar-refractivity contribution in [3.8, 4) is 6.07 Å². The van der Waals surface area contributed by atoms with Crippen LogP contribution in [0, 0.1) is 27.4 Å². The maximum Gasteiger partial charge on any atom is 0.289 e. The van der Waals surface area contributed by atoms with Crippen molar-refractivity contribution in [1.82, 2.24) is 5.32 Å². The number of nitrogens with one attached hydrogen (secondary N) is 1. The number of nitrogens with zero attached hydrogens (tertiary/aromatic N) is 3. The minimum Gasteiger partial charge on any atom is -0.374 e. The lowest BCUT2D eigenvalue weighted by Gasteiger charge is -2.28. The van der Waals surface area contributed by atoms with Gasteiger partial charge in [0.05, 0.1) is 4.92 Å². The van der Waals surface area contributed by atoms with Crippen LogP contribution in [-0.4, -0.2) is 31.6 Å². The highest BCUT2D eigenvalue weighted by Crippen LogP contribution is 2.25. The fourth-order valence-electron chi connectivity index (χ4n) is 2.58. The molecule has 106 valence electrons. The van der Waals surface area contributed by atoms with Gasteiger partial charge in [0, 0.05) is 25.3 Å². The number of nitriles is 1. The molecule has 1 unspecified atom stereocenters. The topological polar surface area (TPSA) is 82.2 Å². The van der Waals surface area contributed by atoms with Gasteiger partial charge < -0.3 is 10.2 Å². The summed E-state index contributed by atoms with van der Waals surface area (Å²) in [5.74, 6) is 0.559. The molecule has 0 radical (unpaired) electrons. The fourth-order valence-corrected chi connectivity index (χ4v) is 2.58. The minimum absolute atomic E-state index is 0.103. The van der Waals surface area contributed by atoms with Gasteiger partial charge in [0.2, 0.25) is 0 Å². The van der Waals surface area contributed by atoms with Crippen molar-refractivity contribution in [3.63, 3.8) is 0 Å². The Bertz CT molecular complexity index is 532. The van der Waals surface area contributed by atoms with Gasteiger partial charge in [0.1, 0.15) is 11.6 Å². The van der Waals surface area contributed by atoms with Crippen molar-refractivity contribution < 1.29 is 4.92 Å². The molecule has 1 atom stereocenters. The van der Waals surface area contributed by atoms with Gasteiger partial charge in [0.15, 0.2) is 0 Å². The first-order chi connectivity index (χ1) is 9.61. The zero-order valence-corrected chi connectivity index (χ0v) is 11.5. The predicted octanol–water partition coefficient (Wildman–Crippen LogP) is 1.90. The van der Waals surface area contributed by atoms with Crippen molar-refractivity contribution >= 4 is 11.4 Å². The highest BCUT2D eigenvalue weighted by Gasteiger charge is 2.18. The van der Waals surface area contributed by atoms with E-state index in [1.54, 1.807) is 6.07 Å². The SMILES string of the molecule is CN(CC1CCCNC1)c1ccc(C#N)c([N+](=O)[O-])c1. The van der Waals surface area contributed by atoms with Crippen LogP contribution in [-0.2, 0) is 0 Å². The molecule has 0 aliphatic carbocycles. The average molecular weight is 274 g/mol. The Hall–Kier alpha value is -2.13. The minimum atomic E-state index is -0.502. The van der Waals surface area contributed by atoms with E-state index in [9.17, 15) is 10.1 Å². The van der Waals surface area contributed by atoms with Gasteiger partial charge >= 0.3 is 0 Å². The normalized spacial score (nSPS) is 18.3. The summed E-state index contributed by atoms with van der Waals surface area (Å²) in [6.07, 6.45) is 2.35. The number of nitro benzene ring substituents is 1. The van der Waals surface area contributed by atoms with Crippen LogP contribution in [0.3, 0.4) is 0 Å². The molecule has 20 heavy (non-hydrogen) atoms. The molecule has 1 aromatic carbocycles. The van der Waals surface area contributed by atoms with Gasteiger partial charge in [-0.1, -0.05) is 0 Å². The van der Waals surface area contributed by atoms with E-state index in [4.69, 9.17) is 5.26 Å². The van der Waals surface area contributed by atoms with Gasteiger partial charge in [-0.15, -0.1) is 0 Å². The van der Waals surface area contributed by atoms with E-state index in [-0.39, 0.29) is 11.3 Å². The number of hydrogen-bond donors (Lipinski definition) is 1.